The van der Waals surface area contributed by atoms with Gasteiger partial charge in [-0.3, -0.25) is 0 Å². The molecule has 0 amide bonds. The van der Waals surface area contributed by atoms with Crippen molar-refractivity contribution in [2.24, 2.45) is 0 Å². The van der Waals surface area contributed by atoms with E-state index >= 15 is 0 Å². The summed E-state index contributed by atoms with van der Waals surface area (Å²) in [5, 5.41) is 7.30. The average molecular weight is 289 g/mol. The quantitative estimate of drug-likeness (QED) is 0.720. The lowest BCUT2D eigenvalue weighted by Crippen LogP contribution is -2.40. The number of nitrogens with one attached hydrogen (secondary N) is 2. The molecule has 21 heavy (non-hydrogen) atoms. The third kappa shape index (κ3) is 6.06. The van der Waals surface area contributed by atoms with Gasteiger partial charge < -0.3 is 15.5 Å². The third-order valence-corrected chi connectivity index (χ3v) is 4.41. The van der Waals surface area contributed by atoms with E-state index in [4.69, 9.17) is 0 Å². The zero-order valence-corrected chi connectivity index (χ0v) is 13.6. The highest BCUT2D eigenvalue weighted by Crippen LogP contribution is 2.12. The summed E-state index contributed by atoms with van der Waals surface area (Å²) in [6, 6.07) is 12.0. The molecule has 2 rings (SSSR count). The minimum absolute atomic E-state index is 0.614. The van der Waals surface area contributed by atoms with Crippen LogP contribution in [0.2, 0.25) is 0 Å². The molecule has 118 valence electrons. The number of benzene rings is 1. The normalized spacial score (nSPS) is 20.2. The Hall–Kier alpha value is -1.06. The first-order chi connectivity index (χ1) is 10.3. The Morgan fingerprint density at radius 1 is 1.29 bits per heavy atom. The van der Waals surface area contributed by atoms with E-state index in [2.05, 4.69) is 59.8 Å². The van der Waals surface area contributed by atoms with Gasteiger partial charge in [-0.15, -0.1) is 0 Å². The molecule has 0 spiro atoms. The van der Waals surface area contributed by atoms with Crippen molar-refractivity contribution >= 4 is 5.69 Å². The van der Waals surface area contributed by atoms with Gasteiger partial charge in [0.1, 0.15) is 0 Å². The lowest BCUT2D eigenvalue weighted by Gasteiger charge is -2.27. The first kappa shape index (κ1) is 16.3. The van der Waals surface area contributed by atoms with Crippen LogP contribution in [0.5, 0.6) is 0 Å². The highest BCUT2D eigenvalue weighted by molar-refractivity contribution is 5.44. The van der Waals surface area contributed by atoms with Crippen molar-refractivity contribution < 1.29 is 0 Å². The Bertz CT molecular complexity index is 373. The number of rotatable bonds is 8. The second-order valence-electron chi connectivity index (χ2n) is 6.35. The van der Waals surface area contributed by atoms with Gasteiger partial charge in [0.15, 0.2) is 0 Å². The van der Waals surface area contributed by atoms with Crippen LogP contribution in [0.1, 0.15) is 39.0 Å². The van der Waals surface area contributed by atoms with Crippen LogP contribution < -0.4 is 15.5 Å². The molecule has 1 aromatic rings. The van der Waals surface area contributed by atoms with E-state index in [0.29, 0.717) is 6.04 Å². The summed E-state index contributed by atoms with van der Waals surface area (Å²) < 4.78 is 0. The number of hydrogen-bond donors (Lipinski definition) is 2. The number of hydrogen-bond acceptors (Lipinski definition) is 3. The molecule has 3 nitrogen and oxygen atoms in total. The van der Waals surface area contributed by atoms with Gasteiger partial charge in [-0.2, -0.15) is 0 Å². The minimum Gasteiger partial charge on any atom is -0.375 e. The van der Waals surface area contributed by atoms with Crippen molar-refractivity contribution in [1.29, 1.82) is 0 Å². The van der Waals surface area contributed by atoms with Crippen LogP contribution in [-0.2, 0) is 0 Å². The molecular formula is C18H31N3. The monoisotopic (exact) mass is 289 g/mol. The summed E-state index contributed by atoms with van der Waals surface area (Å²) in [5.74, 6) is 0. The standard InChI is InChI=1S/C18H31N3/c1-16(15-17-9-6-7-12-20-17)19-13-8-14-21(2)18-10-4-3-5-11-18/h3-5,10-11,16-17,19-20H,6-9,12-15H2,1-2H3. The molecule has 0 aromatic heterocycles. The van der Waals surface area contributed by atoms with Crippen LogP contribution in [0.3, 0.4) is 0 Å². The van der Waals surface area contributed by atoms with E-state index in [1.54, 1.807) is 0 Å². The van der Waals surface area contributed by atoms with E-state index in [1.807, 2.05) is 0 Å². The van der Waals surface area contributed by atoms with Crippen molar-refractivity contribution in [2.75, 3.05) is 31.6 Å². The third-order valence-electron chi connectivity index (χ3n) is 4.41. The first-order valence-electron chi connectivity index (χ1n) is 8.48. The van der Waals surface area contributed by atoms with Gasteiger partial charge >= 0.3 is 0 Å². The molecule has 3 heteroatoms. The van der Waals surface area contributed by atoms with Crippen molar-refractivity contribution in [3.8, 4) is 0 Å². The first-order valence-corrected chi connectivity index (χ1v) is 8.48. The molecule has 2 unspecified atom stereocenters. The molecule has 0 bridgehead atoms. The predicted octanol–water partition coefficient (Wildman–Crippen LogP) is 3.02. The number of nitrogens with zero attached hydrogens (tertiary/aromatic N) is 1. The van der Waals surface area contributed by atoms with Crippen LogP contribution in [0.15, 0.2) is 30.3 Å². The fourth-order valence-corrected chi connectivity index (χ4v) is 3.11. The predicted molar refractivity (Wildman–Crippen MR) is 92.1 cm³/mol. The second kappa shape index (κ2) is 9.06. The summed E-state index contributed by atoms with van der Waals surface area (Å²) in [6.07, 6.45) is 6.54. The molecule has 1 saturated heterocycles. The van der Waals surface area contributed by atoms with Crippen molar-refractivity contribution in [1.82, 2.24) is 10.6 Å². The highest BCUT2D eigenvalue weighted by atomic mass is 15.1. The Morgan fingerprint density at radius 3 is 2.81 bits per heavy atom. The Morgan fingerprint density at radius 2 is 2.10 bits per heavy atom. The van der Waals surface area contributed by atoms with Crippen LogP contribution in [0.25, 0.3) is 0 Å². The van der Waals surface area contributed by atoms with Gasteiger partial charge in [0.05, 0.1) is 0 Å². The Labute approximate surface area is 130 Å². The summed E-state index contributed by atoms with van der Waals surface area (Å²) >= 11 is 0. The maximum absolute atomic E-state index is 3.67. The van der Waals surface area contributed by atoms with Gasteiger partial charge in [-0.05, 0) is 57.8 Å². The summed E-state index contributed by atoms with van der Waals surface area (Å²) in [5.41, 5.74) is 1.30. The molecule has 0 saturated carbocycles. The molecule has 2 N–H and O–H groups in total. The summed E-state index contributed by atoms with van der Waals surface area (Å²) in [7, 11) is 2.17. The molecule has 0 radical (unpaired) electrons. The van der Waals surface area contributed by atoms with E-state index in [9.17, 15) is 0 Å². The maximum atomic E-state index is 3.67. The second-order valence-corrected chi connectivity index (χ2v) is 6.35. The average Bonchev–Trinajstić information content (AvgIpc) is 2.53. The van der Waals surface area contributed by atoms with Gasteiger partial charge in [0.25, 0.3) is 0 Å². The Kier molecular flexibility index (Phi) is 7.04. The topological polar surface area (TPSA) is 27.3 Å². The molecule has 1 fully saturated rings. The van der Waals surface area contributed by atoms with Gasteiger partial charge in [-0.25, -0.2) is 0 Å². The van der Waals surface area contributed by atoms with Crippen molar-refractivity contribution in [3.63, 3.8) is 0 Å². The lowest BCUT2D eigenvalue weighted by atomic mass is 9.99. The molecule has 1 aromatic carbocycles. The number of anilines is 1. The number of piperidine rings is 1. The van der Waals surface area contributed by atoms with Crippen molar-refractivity contribution in [3.05, 3.63) is 30.3 Å². The van der Waals surface area contributed by atoms with E-state index < -0.39 is 0 Å². The molecular weight excluding hydrogens is 258 g/mol. The number of para-hydroxylation sites is 1. The van der Waals surface area contributed by atoms with Crippen LogP contribution in [-0.4, -0.2) is 38.8 Å². The fraction of sp³-hybridized carbons (Fsp3) is 0.667. The van der Waals surface area contributed by atoms with Crippen LogP contribution >= 0.6 is 0 Å². The molecule has 1 heterocycles. The molecule has 2 atom stereocenters. The summed E-state index contributed by atoms with van der Waals surface area (Å²) in [6.45, 7) is 5.73. The molecule has 1 aliphatic heterocycles. The van der Waals surface area contributed by atoms with Crippen LogP contribution in [0.4, 0.5) is 5.69 Å². The van der Waals surface area contributed by atoms with Crippen molar-refractivity contribution in [2.45, 2.75) is 51.1 Å². The SMILES string of the molecule is CC(CC1CCCCN1)NCCCN(C)c1ccccc1. The maximum Gasteiger partial charge on any atom is 0.0363 e. The van der Waals surface area contributed by atoms with Crippen LogP contribution in [0, 0.1) is 0 Å². The van der Waals surface area contributed by atoms with E-state index in [0.717, 1.165) is 19.1 Å². The van der Waals surface area contributed by atoms with Gasteiger partial charge in [0.2, 0.25) is 0 Å². The van der Waals surface area contributed by atoms with E-state index in [1.165, 1.54) is 44.3 Å². The molecule has 1 aliphatic rings. The smallest absolute Gasteiger partial charge is 0.0363 e. The summed E-state index contributed by atoms with van der Waals surface area (Å²) in [4.78, 5) is 2.33. The fourth-order valence-electron chi connectivity index (χ4n) is 3.11. The Balaban J connectivity index is 1.56. The minimum atomic E-state index is 0.614. The largest absolute Gasteiger partial charge is 0.375 e. The zero-order chi connectivity index (χ0) is 14.9. The zero-order valence-electron chi connectivity index (χ0n) is 13.6. The van der Waals surface area contributed by atoms with E-state index in [-0.39, 0.29) is 0 Å². The van der Waals surface area contributed by atoms with Gasteiger partial charge in [-0.1, -0.05) is 24.6 Å². The highest BCUT2D eigenvalue weighted by Gasteiger charge is 2.15. The molecule has 0 aliphatic carbocycles. The van der Waals surface area contributed by atoms with Gasteiger partial charge in [0, 0.05) is 31.4 Å². The lowest BCUT2D eigenvalue weighted by molar-refractivity contribution is 0.345.